The van der Waals surface area contributed by atoms with Gasteiger partial charge in [0, 0.05) is 31.4 Å². The summed E-state index contributed by atoms with van der Waals surface area (Å²) in [5.41, 5.74) is 3.35. The first-order valence-corrected chi connectivity index (χ1v) is 9.82. The molecule has 0 saturated carbocycles. The van der Waals surface area contributed by atoms with Crippen LogP contribution in [0.1, 0.15) is 30.0 Å². The minimum Gasteiger partial charge on any atom is -0.340 e. The van der Waals surface area contributed by atoms with Gasteiger partial charge in [-0.2, -0.15) is 5.10 Å². The molecule has 1 atom stereocenters. The van der Waals surface area contributed by atoms with Crippen LogP contribution in [0, 0.1) is 0 Å². The summed E-state index contributed by atoms with van der Waals surface area (Å²) in [5.74, 6) is 0.148. The molecule has 3 aromatic rings. The zero-order chi connectivity index (χ0) is 19.3. The van der Waals surface area contributed by atoms with Gasteiger partial charge in [0.15, 0.2) is 0 Å². The molecule has 4 rings (SSSR count). The number of carbonyl (C=O) groups excluding carboxylic acids is 1. The van der Waals surface area contributed by atoms with Crippen LogP contribution in [0.15, 0.2) is 73.1 Å². The smallest absolute Gasteiger partial charge is 0.236 e. The lowest BCUT2D eigenvalue weighted by Gasteiger charge is -2.26. The minimum atomic E-state index is 0.148. The predicted octanol–water partition coefficient (Wildman–Crippen LogP) is 3.67. The maximum absolute atomic E-state index is 12.8. The second-order valence-electron chi connectivity index (χ2n) is 7.42. The molecule has 1 amide bonds. The van der Waals surface area contributed by atoms with Gasteiger partial charge in [-0.05, 0) is 37.1 Å². The van der Waals surface area contributed by atoms with Crippen molar-refractivity contribution in [3.05, 3.63) is 84.2 Å². The molecule has 1 fully saturated rings. The van der Waals surface area contributed by atoms with E-state index in [9.17, 15) is 4.79 Å². The highest BCUT2D eigenvalue weighted by atomic mass is 16.2. The van der Waals surface area contributed by atoms with Gasteiger partial charge >= 0.3 is 0 Å². The number of likely N-dealkylation sites (N-methyl/N-ethyl adjacent to an activating group) is 1. The Balaban J connectivity index is 1.37. The molecule has 0 N–H and O–H groups in total. The highest BCUT2D eigenvalue weighted by Gasteiger charge is 2.28. The second-order valence-corrected chi connectivity index (χ2v) is 7.42. The number of aromatic nitrogens is 2. The highest BCUT2D eigenvalue weighted by Crippen LogP contribution is 2.31. The molecule has 0 spiro atoms. The quantitative estimate of drug-likeness (QED) is 0.661. The number of hydrogen-bond donors (Lipinski definition) is 0. The summed E-state index contributed by atoms with van der Waals surface area (Å²) in [7, 11) is 1.87. The van der Waals surface area contributed by atoms with Gasteiger partial charge in [-0.15, -0.1) is 0 Å². The molecule has 144 valence electrons. The van der Waals surface area contributed by atoms with Crippen molar-refractivity contribution >= 4 is 5.91 Å². The lowest BCUT2D eigenvalue weighted by Crippen LogP contribution is -2.37. The summed E-state index contributed by atoms with van der Waals surface area (Å²) in [6.45, 7) is 2.00. The molecule has 1 aromatic heterocycles. The standard InChI is InChI=1S/C23H26N4O/c1-25(16-19-15-24-27(17-19)21-11-6-3-7-12-21)23(28)18-26-14-8-13-22(26)20-9-4-2-5-10-20/h2-7,9-12,15,17,22H,8,13-14,16,18H2,1H3. The average molecular weight is 374 g/mol. The van der Waals surface area contributed by atoms with Crippen molar-refractivity contribution in [1.82, 2.24) is 19.6 Å². The van der Waals surface area contributed by atoms with E-state index in [1.165, 1.54) is 5.56 Å². The van der Waals surface area contributed by atoms with Crippen LogP contribution in [0.3, 0.4) is 0 Å². The Kier molecular flexibility index (Phi) is 5.53. The van der Waals surface area contributed by atoms with E-state index in [1.54, 1.807) is 4.90 Å². The van der Waals surface area contributed by atoms with Crippen LogP contribution in [0.25, 0.3) is 5.69 Å². The van der Waals surface area contributed by atoms with E-state index in [4.69, 9.17) is 0 Å². The van der Waals surface area contributed by atoms with Crippen molar-refractivity contribution in [2.45, 2.75) is 25.4 Å². The number of amides is 1. The summed E-state index contributed by atoms with van der Waals surface area (Å²) in [4.78, 5) is 16.9. The number of carbonyl (C=O) groups is 1. The summed E-state index contributed by atoms with van der Waals surface area (Å²) < 4.78 is 1.85. The van der Waals surface area contributed by atoms with E-state index in [2.05, 4.69) is 34.3 Å². The molecule has 5 heteroatoms. The molecular formula is C23H26N4O. The van der Waals surface area contributed by atoms with Crippen molar-refractivity contribution in [2.75, 3.05) is 20.1 Å². The fourth-order valence-corrected chi connectivity index (χ4v) is 3.89. The third-order valence-electron chi connectivity index (χ3n) is 5.39. The van der Waals surface area contributed by atoms with Gasteiger partial charge in [-0.25, -0.2) is 4.68 Å². The van der Waals surface area contributed by atoms with Crippen LogP contribution < -0.4 is 0 Å². The zero-order valence-electron chi connectivity index (χ0n) is 16.2. The Labute approximate surface area is 166 Å². The van der Waals surface area contributed by atoms with E-state index in [0.717, 1.165) is 30.6 Å². The Bertz CT molecular complexity index is 907. The lowest BCUT2D eigenvalue weighted by molar-refractivity contribution is -0.131. The summed E-state index contributed by atoms with van der Waals surface area (Å²) >= 11 is 0. The monoisotopic (exact) mass is 374 g/mol. The Hall–Kier alpha value is -2.92. The van der Waals surface area contributed by atoms with Crippen LogP contribution in [0.2, 0.25) is 0 Å². The van der Waals surface area contributed by atoms with E-state index in [-0.39, 0.29) is 5.91 Å². The van der Waals surface area contributed by atoms with E-state index < -0.39 is 0 Å². The largest absolute Gasteiger partial charge is 0.340 e. The van der Waals surface area contributed by atoms with Gasteiger partial charge in [0.25, 0.3) is 0 Å². The third-order valence-corrected chi connectivity index (χ3v) is 5.39. The molecule has 28 heavy (non-hydrogen) atoms. The lowest BCUT2D eigenvalue weighted by atomic mass is 10.0. The zero-order valence-corrected chi connectivity index (χ0v) is 16.2. The van der Waals surface area contributed by atoms with E-state index >= 15 is 0 Å². The molecule has 2 heterocycles. The van der Waals surface area contributed by atoms with Crippen LogP contribution in [-0.2, 0) is 11.3 Å². The summed E-state index contributed by atoms with van der Waals surface area (Å²) in [6, 6.07) is 20.9. The first-order valence-electron chi connectivity index (χ1n) is 9.82. The fourth-order valence-electron chi connectivity index (χ4n) is 3.89. The number of benzene rings is 2. The number of hydrogen-bond acceptors (Lipinski definition) is 3. The van der Waals surface area contributed by atoms with Crippen LogP contribution >= 0.6 is 0 Å². The number of likely N-dealkylation sites (tertiary alicyclic amines) is 1. The fraction of sp³-hybridized carbons (Fsp3) is 0.304. The van der Waals surface area contributed by atoms with Gasteiger partial charge in [-0.1, -0.05) is 48.5 Å². The summed E-state index contributed by atoms with van der Waals surface area (Å²) in [5, 5.41) is 4.42. The van der Waals surface area contributed by atoms with Gasteiger partial charge in [-0.3, -0.25) is 9.69 Å². The molecule has 1 unspecified atom stereocenters. The average Bonchev–Trinajstić information content (AvgIpc) is 3.39. The van der Waals surface area contributed by atoms with Crippen LogP contribution in [0.4, 0.5) is 0 Å². The third kappa shape index (κ3) is 4.15. The topological polar surface area (TPSA) is 41.4 Å². The molecule has 0 radical (unpaired) electrons. The Morgan fingerprint density at radius 3 is 2.57 bits per heavy atom. The van der Waals surface area contributed by atoms with Gasteiger partial charge in [0.1, 0.15) is 0 Å². The van der Waals surface area contributed by atoms with Gasteiger partial charge < -0.3 is 4.90 Å². The molecule has 5 nitrogen and oxygen atoms in total. The first kappa shape index (κ1) is 18.4. The highest BCUT2D eigenvalue weighted by molar-refractivity contribution is 5.78. The van der Waals surface area contributed by atoms with Crippen molar-refractivity contribution in [1.29, 1.82) is 0 Å². The van der Waals surface area contributed by atoms with Crippen molar-refractivity contribution in [2.24, 2.45) is 0 Å². The molecular weight excluding hydrogens is 348 g/mol. The number of rotatable bonds is 6. The van der Waals surface area contributed by atoms with Crippen LogP contribution in [0.5, 0.6) is 0 Å². The Morgan fingerprint density at radius 1 is 1.11 bits per heavy atom. The van der Waals surface area contributed by atoms with Gasteiger partial charge in [0.2, 0.25) is 5.91 Å². The number of nitrogens with zero attached hydrogens (tertiary/aromatic N) is 4. The van der Waals surface area contributed by atoms with Crippen molar-refractivity contribution in [3.8, 4) is 5.69 Å². The van der Waals surface area contributed by atoms with Gasteiger partial charge in [0.05, 0.1) is 18.4 Å². The summed E-state index contributed by atoms with van der Waals surface area (Å²) in [6.07, 6.45) is 6.08. The molecule has 1 aliphatic rings. The molecule has 2 aromatic carbocycles. The molecule has 1 saturated heterocycles. The predicted molar refractivity (Wildman–Crippen MR) is 110 cm³/mol. The maximum Gasteiger partial charge on any atom is 0.236 e. The van der Waals surface area contributed by atoms with E-state index in [1.807, 2.05) is 60.5 Å². The normalized spacial score (nSPS) is 17.0. The molecule has 0 aliphatic carbocycles. The Morgan fingerprint density at radius 2 is 1.82 bits per heavy atom. The minimum absolute atomic E-state index is 0.148. The van der Waals surface area contributed by atoms with Crippen molar-refractivity contribution in [3.63, 3.8) is 0 Å². The molecule has 1 aliphatic heterocycles. The number of para-hydroxylation sites is 1. The van der Waals surface area contributed by atoms with Crippen molar-refractivity contribution < 1.29 is 4.79 Å². The maximum atomic E-state index is 12.8. The SMILES string of the molecule is CN(Cc1cnn(-c2ccccc2)c1)C(=O)CN1CCCC1c1ccccc1. The first-order chi connectivity index (χ1) is 13.7. The van der Waals surface area contributed by atoms with Crippen LogP contribution in [-0.4, -0.2) is 45.6 Å². The molecule has 0 bridgehead atoms. The second kappa shape index (κ2) is 8.40. The van der Waals surface area contributed by atoms with E-state index in [0.29, 0.717) is 19.1 Å².